The molecule has 1 aromatic rings. The molecule has 0 unspecified atom stereocenters. The van der Waals surface area contributed by atoms with Gasteiger partial charge >= 0.3 is 5.97 Å². The monoisotopic (exact) mass is 309 g/mol. The summed E-state index contributed by atoms with van der Waals surface area (Å²) < 4.78 is 0. The Morgan fingerprint density at radius 1 is 1.19 bits per heavy atom. The number of carbonyl (C=O) groups excluding carboxylic acids is 1. The molecule has 2 N–H and O–H groups in total. The van der Waals surface area contributed by atoms with E-state index in [0.717, 1.165) is 19.3 Å². The first-order chi connectivity index (χ1) is 10.1. The number of thioether (sulfide) groups is 1. The second kappa shape index (κ2) is 10.3. The number of amides is 1. The van der Waals surface area contributed by atoms with Crippen molar-refractivity contribution in [2.75, 3.05) is 18.1 Å². The van der Waals surface area contributed by atoms with Crippen LogP contribution in [0.1, 0.15) is 30.4 Å². The fraction of sp³-hybridized carbons (Fsp3) is 0.500. The predicted molar refractivity (Wildman–Crippen MR) is 86.7 cm³/mol. The molecule has 1 aromatic carbocycles. The predicted octanol–water partition coefficient (Wildman–Crippen LogP) is 2.64. The highest BCUT2D eigenvalue weighted by Gasteiger charge is 2.02. The number of unbranched alkanes of at least 4 members (excludes halogenated alkanes) is 1. The second-order valence-corrected chi connectivity index (χ2v) is 6.09. The summed E-state index contributed by atoms with van der Waals surface area (Å²) in [6.07, 6.45) is 3.42. The van der Waals surface area contributed by atoms with Gasteiger partial charge in [0.1, 0.15) is 0 Å². The van der Waals surface area contributed by atoms with Crippen molar-refractivity contribution in [2.45, 2.75) is 32.6 Å². The number of aliphatic carboxylic acids is 1. The molecule has 0 heterocycles. The Bertz CT molecular complexity index is 445. The summed E-state index contributed by atoms with van der Waals surface area (Å²) in [6.45, 7) is 2.61. The molecule has 0 bridgehead atoms. The van der Waals surface area contributed by atoms with Crippen molar-refractivity contribution in [2.24, 2.45) is 0 Å². The molecule has 1 amide bonds. The highest BCUT2D eigenvalue weighted by atomic mass is 32.2. The lowest BCUT2D eigenvalue weighted by molar-refractivity contribution is -0.133. The Kier molecular flexibility index (Phi) is 8.59. The number of carboxylic acid groups (broad SMARTS) is 1. The quantitative estimate of drug-likeness (QED) is 0.652. The number of nitrogens with one attached hydrogen (secondary N) is 1. The largest absolute Gasteiger partial charge is 0.481 e. The summed E-state index contributed by atoms with van der Waals surface area (Å²) in [5.74, 6) is -0.0364. The number of benzene rings is 1. The van der Waals surface area contributed by atoms with Crippen LogP contribution in [0.15, 0.2) is 24.3 Å². The number of aryl methyl sites for hydroxylation is 2. The number of hydrogen-bond acceptors (Lipinski definition) is 3. The molecule has 0 aliphatic heterocycles. The Morgan fingerprint density at radius 2 is 1.90 bits per heavy atom. The van der Waals surface area contributed by atoms with Gasteiger partial charge in [0.2, 0.25) is 5.91 Å². The van der Waals surface area contributed by atoms with Crippen LogP contribution < -0.4 is 5.32 Å². The molecule has 116 valence electrons. The molecule has 0 saturated carbocycles. The van der Waals surface area contributed by atoms with Gasteiger partial charge in [0.25, 0.3) is 0 Å². The summed E-state index contributed by atoms with van der Waals surface area (Å²) in [4.78, 5) is 21.9. The minimum Gasteiger partial charge on any atom is -0.481 e. The van der Waals surface area contributed by atoms with Gasteiger partial charge in [-0.2, -0.15) is 0 Å². The van der Waals surface area contributed by atoms with Gasteiger partial charge in [-0.05, 0) is 31.7 Å². The van der Waals surface area contributed by atoms with Gasteiger partial charge in [0, 0.05) is 18.7 Å². The Labute approximate surface area is 130 Å². The zero-order valence-electron chi connectivity index (χ0n) is 12.4. The maximum absolute atomic E-state index is 11.6. The van der Waals surface area contributed by atoms with Crippen molar-refractivity contribution in [3.8, 4) is 0 Å². The molecule has 0 saturated heterocycles. The van der Waals surface area contributed by atoms with Gasteiger partial charge in [0.15, 0.2) is 0 Å². The first kappa shape index (κ1) is 17.6. The van der Waals surface area contributed by atoms with Crippen molar-refractivity contribution in [3.05, 3.63) is 35.4 Å². The lowest BCUT2D eigenvalue weighted by Crippen LogP contribution is -2.25. The van der Waals surface area contributed by atoms with Crippen LogP contribution in [0.25, 0.3) is 0 Å². The van der Waals surface area contributed by atoms with E-state index >= 15 is 0 Å². The third-order valence-corrected chi connectivity index (χ3v) is 3.98. The first-order valence-corrected chi connectivity index (χ1v) is 8.35. The molecule has 0 spiro atoms. The Hall–Kier alpha value is -1.49. The van der Waals surface area contributed by atoms with E-state index in [2.05, 4.69) is 36.5 Å². The molecule has 21 heavy (non-hydrogen) atoms. The van der Waals surface area contributed by atoms with Crippen LogP contribution in [-0.2, 0) is 16.0 Å². The van der Waals surface area contributed by atoms with Crippen LogP contribution in [0.4, 0.5) is 0 Å². The molecule has 0 aliphatic rings. The summed E-state index contributed by atoms with van der Waals surface area (Å²) >= 11 is 1.32. The standard InChI is InChI=1S/C16H23NO3S/c1-13-6-8-14(9-7-13)4-2-3-5-15(18)17-10-11-21-12-16(19)20/h6-9H,2-5,10-12H2,1H3,(H,17,18)(H,19,20). The minimum absolute atomic E-state index is 0.0508. The van der Waals surface area contributed by atoms with Gasteiger partial charge in [-0.25, -0.2) is 0 Å². The van der Waals surface area contributed by atoms with Crippen molar-refractivity contribution in [1.82, 2.24) is 5.32 Å². The zero-order valence-corrected chi connectivity index (χ0v) is 13.2. The molecule has 0 fully saturated rings. The van der Waals surface area contributed by atoms with E-state index in [1.807, 2.05) is 0 Å². The minimum atomic E-state index is -0.817. The molecule has 0 atom stereocenters. The smallest absolute Gasteiger partial charge is 0.313 e. The molecule has 0 radical (unpaired) electrons. The normalized spacial score (nSPS) is 10.3. The van der Waals surface area contributed by atoms with E-state index in [9.17, 15) is 9.59 Å². The van der Waals surface area contributed by atoms with Crippen LogP contribution >= 0.6 is 11.8 Å². The van der Waals surface area contributed by atoms with Crippen LogP contribution in [-0.4, -0.2) is 35.0 Å². The van der Waals surface area contributed by atoms with Crippen LogP contribution in [0.5, 0.6) is 0 Å². The number of carboxylic acids is 1. The van der Waals surface area contributed by atoms with Gasteiger partial charge in [0.05, 0.1) is 5.75 Å². The molecule has 4 nitrogen and oxygen atoms in total. The molecule has 0 aromatic heterocycles. The van der Waals surface area contributed by atoms with Crippen LogP contribution in [0, 0.1) is 6.92 Å². The van der Waals surface area contributed by atoms with E-state index in [4.69, 9.17) is 5.11 Å². The second-order valence-electron chi connectivity index (χ2n) is 4.99. The van der Waals surface area contributed by atoms with E-state index in [1.54, 1.807) is 0 Å². The highest BCUT2D eigenvalue weighted by molar-refractivity contribution is 7.99. The van der Waals surface area contributed by atoms with E-state index in [-0.39, 0.29) is 11.7 Å². The summed E-state index contributed by atoms with van der Waals surface area (Å²) in [6, 6.07) is 8.48. The van der Waals surface area contributed by atoms with Crippen molar-refractivity contribution >= 4 is 23.6 Å². The van der Waals surface area contributed by atoms with E-state index < -0.39 is 5.97 Å². The van der Waals surface area contributed by atoms with Crippen molar-refractivity contribution in [1.29, 1.82) is 0 Å². The Balaban J connectivity index is 2.00. The van der Waals surface area contributed by atoms with E-state index in [0.29, 0.717) is 18.7 Å². The van der Waals surface area contributed by atoms with Crippen molar-refractivity contribution in [3.63, 3.8) is 0 Å². The molecule has 5 heteroatoms. The first-order valence-electron chi connectivity index (χ1n) is 7.19. The number of hydrogen-bond donors (Lipinski definition) is 2. The number of rotatable bonds is 10. The molecular formula is C16H23NO3S. The van der Waals surface area contributed by atoms with Gasteiger partial charge in [-0.3, -0.25) is 9.59 Å². The zero-order chi connectivity index (χ0) is 15.5. The maximum Gasteiger partial charge on any atom is 0.313 e. The number of carbonyl (C=O) groups is 2. The fourth-order valence-corrected chi connectivity index (χ4v) is 2.45. The maximum atomic E-state index is 11.6. The SMILES string of the molecule is Cc1ccc(CCCCC(=O)NCCSCC(=O)O)cc1. The van der Waals surface area contributed by atoms with Gasteiger partial charge < -0.3 is 10.4 Å². The average Bonchev–Trinajstić information content (AvgIpc) is 2.45. The molecular weight excluding hydrogens is 286 g/mol. The Morgan fingerprint density at radius 3 is 2.57 bits per heavy atom. The lowest BCUT2D eigenvalue weighted by atomic mass is 10.1. The summed E-state index contributed by atoms with van der Waals surface area (Å²) in [5, 5.41) is 11.3. The van der Waals surface area contributed by atoms with Gasteiger partial charge in [-0.15, -0.1) is 11.8 Å². The third kappa shape index (κ3) is 9.13. The average molecular weight is 309 g/mol. The highest BCUT2D eigenvalue weighted by Crippen LogP contribution is 2.08. The topological polar surface area (TPSA) is 66.4 Å². The molecule has 1 rings (SSSR count). The van der Waals surface area contributed by atoms with E-state index in [1.165, 1.54) is 22.9 Å². The lowest BCUT2D eigenvalue weighted by Gasteiger charge is -2.05. The fourth-order valence-electron chi connectivity index (χ4n) is 1.88. The third-order valence-electron chi connectivity index (χ3n) is 3.03. The van der Waals surface area contributed by atoms with Crippen LogP contribution in [0.3, 0.4) is 0 Å². The summed E-state index contributed by atoms with van der Waals surface area (Å²) in [7, 11) is 0. The summed E-state index contributed by atoms with van der Waals surface area (Å²) in [5.41, 5.74) is 2.57. The molecule has 0 aliphatic carbocycles. The van der Waals surface area contributed by atoms with Crippen molar-refractivity contribution < 1.29 is 14.7 Å². The van der Waals surface area contributed by atoms with Crippen LogP contribution in [0.2, 0.25) is 0 Å². The van der Waals surface area contributed by atoms with Gasteiger partial charge in [-0.1, -0.05) is 29.8 Å².